The molecule has 0 aliphatic carbocycles. The number of rotatable bonds is 15. The minimum atomic E-state index is -4.29. The number of aliphatic hydroxyl groups excluding tert-OH is 1. The van der Waals surface area contributed by atoms with E-state index in [0.29, 0.717) is 121 Å². The molecule has 0 saturated carbocycles. The van der Waals surface area contributed by atoms with Crippen LogP contribution in [0.4, 0.5) is 22.0 Å². The summed E-state index contributed by atoms with van der Waals surface area (Å²) < 4.78 is 118. The zero-order chi connectivity index (χ0) is 92.2. The van der Waals surface area contributed by atoms with Gasteiger partial charge < -0.3 is 93.5 Å². The first-order valence-corrected chi connectivity index (χ1v) is 41.5. The molecule has 13 rings (SSSR count). The van der Waals surface area contributed by atoms with Crippen LogP contribution < -0.4 is 119 Å². The van der Waals surface area contributed by atoms with E-state index in [-0.39, 0.29) is 205 Å². The van der Waals surface area contributed by atoms with Crippen LogP contribution in [0.1, 0.15) is 218 Å². The van der Waals surface area contributed by atoms with E-state index in [2.05, 4.69) is 27.1 Å². The Labute approximate surface area is 853 Å². The van der Waals surface area contributed by atoms with Gasteiger partial charge in [0.15, 0.2) is 41.1 Å². The first-order valence-electron chi connectivity index (χ1n) is 41.5. The number of carboxylic acids is 2. The monoisotopic (exact) mass is 1980 g/mol. The molecule has 40 heteroatoms. The van der Waals surface area contributed by atoms with Crippen LogP contribution in [0, 0.1) is 21.7 Å². The molecule has 5 saturated heterocycles. The second kappa shape index (κ2) is 69.7. The molecule has 719 valence electrons. The SMILES string of the molecule is C.C=CC=O.CC1(C(=O)O)CCC(N2CCC(c3ccc(F)cc3)CC2)CO1.CCOC(=O)C1(C)CCC(=O)CO1.CCOC(=O)C1(C)CCC(O)CO1.CCOC(=O)C1(C)CCC=CO1.CCOC(=O)C1CCC=CO1.FC(F)(F)c1cnc2c(c1)CNCC2.Fc1ccc(C2CCNCC2)cc1.O=C([O-])C1CCC=CO1.O=CC1CCC=CO1.O=[N+]([O-])O.[Ag].[K+].[K+].[OH-]. The van der Waals surface area contributed by atoms with Crippen molar-refractivity contribution in [2.75, 3.05) is 79.0 Å². The number of carbonyl (C=O) groups excluding carboxylic acids is 8. The molecular weight excluding hydrogens is 1850 g/mol. The number of pyridine rings is 1. The van der Waals surface area contributed by atoms with Gasteiger partial charge in [-0.2, -0.15) is 13.2 Å². The number of ether oxygens (including phenoxy) is 11. The van der Waals surface area contributed by atoms with E-state index < -0.39 is 63.4 Å². The number of nitrogens with zero attached hydrogens (tertiary/aromatic N) is 3. The molecule has 0 spiro atoms. The van der Waals surface area contributed by atoms with Gasteiger partial charge in [-0.3, -0.25) is 24.3 Å². The second-order valence-corrected chi connectivity index (χ2v) is 30.0. The number of halogens is 5. The van der Waals surface area contributed by atoms with E-state index in [1.165, 1.54) is 54.5 Å². The molecule has 6 N–H and O–H groups in total. The fraction of sp³-hybridized carbons (Fsp3) is 0.596. The standard InChI is InChI=1S/C18H24FNO3.C11H14FN.C9H9F3N2.C9H16O4.C9H14O4.C9H14O3.C8H12O3.C6H8O3.C6H8O2.C3H4O.CH4.Ag.2K.HNO3.H2O/c1-18(17(21)22)9-6-16(12-23-18)20-10-7-14(8-11-20)13-2-4-15(19)5-3-13;12-11-3-1-9(2-4-11)10-5-7-13-8-6-10;10-9(11,12)7-3-6-4-13-2-1-8(6)14-5-7;2*1-3-12-8(11)9(2)5-4-7(10)6-13-9;1-3-11-8(10)9(2)6-4-5-7-12-9;1-2-10-8(9)7-5-3-4-6-11-7;7-6(8)5-3-1-2-4-9-5;7-5-6-3-1-2-4-8-6;1-2-3-4;;;;;2-1(3)4;/h2-5,14,16H,6-12H2,1H3,(H,21,22);1-4,10,13H,5-8H2;3,5,13H,1-2,4H2;7,10H,3-6H2,1-2H3;3-6H2,1-2H3;5,7H,3-4,6H2,1-2H3;4,6-7H,2-3,5H2,1H3;2,4-5H,1,3H2,(H,7,8);2,4-6H,1,3H2;2-3H,1H2;1H4;;;;(H,2,3,4);1H2/q;;;;;;;;;;;;2*+1;;/p-2. The van der Waals surface area contributed by atoms with Crippen LogP contribution in [0.2, 0.25) is 0 Å². The summed E-state index contributed by atoms with van der Waals surface area (Å²) in [6, 6.07) is 15.2. The number of esters is 4. The van der Waals surface area contributed by atoms with Crippen molar-refractivity contribution < 1.29 is 273 Å². The molecular formula is C89H128AgF5K2N5O27. The van der Waals surface area contributed by atoms with Gasteiger partial charge in [0.1, 0.15) is 30.6 Å². The van der Waals surface area contributed by atoms with E-state index in [4.69, 9.17) is 72.2 Å². The Hall–Kier alpha value is -6.14. The van der Waals surface area contributed by atoms with Gasteiger partial charge in [-0.1, -0.05) is 38.3 Å². The van der Waals surface area contributed by atoms with Crippen molar-refractivity contribution in [2.45, 2.75) is 262 Å². The number of aliphatic hydroxyl groups is 1. The fourth-order valence-corrected chi connectivity index (χ4v) is 13.0. The van der Waals surface area contributed by atoms with Gasteiger partial charge in [0.2, 0.25) is 5.60 Å². The summed E-state index contributed by atoms with van der Waals surface area (Å²) in [5, 5.41) is 48.4. The Bertz CT molecular complexity index is 3850. The van der Waals surface area contributed by atoms with Crippen LogP contribution in [0.15, 0.2) is 123 Å². The van der Waals surface area contributed by atoms with E-state index >= 15 is 0 Å². The number of aldehydes is 2. The molecule has 0 bridgehead atoms. The molecule has 1 aromatic heterocycles. The molecule has 9 atom stereocenters. The van der Waals surface area contributed by atoms with Gasteiger partial charge in [0.05, 0.1) is 82.3 Å². The summed E-state index contributed by atoms with van der Waals surface area (Å²) in [4.78, 5) is 111. The van der Waals surface area contributed by atoms with Gasteiger partial charge >= 0.3 is 139 Å². The summed E-state index contributed by atoms with van der Waals surface area (Å²) in [5.74, 6) is -2.39. The number of aliphatic carboxylic acids is 2. The molecule has 9 unspecified atom stereocenters. The van der Waals surface area contributed by atoms with Gasteiger partial charge in [-0.15, -0.1) is 10.1 Å². The number of likely N-dealkylation sites (tertiary alicyclic amines) is 1. The Morgan fingerprint density at radius 3 is 1.50 bits per heavy atom. The number of ketones is 1. The van der Waals surface area contributed by atoms with Crippen molar-refractivity contribution in [3.05, 3.63) is 172 Å². The first kappa shape index (κ1) is 127. The number of hydrogen-bond acceptors (Lipinski definition) is 29. The van der Waals surface area contributed by atoms with Crippen LogP contribution in [0.25, 0.3) is 0 Å². The fourth-order valence-electron chi connectivity index (χ4n) is 13.0. The molecule has 129 heavy (non-hydrogen) atoms. The van der Waals surface area contributed by atoms with Gasteiger partial charge in [-0.05, 0) is 274 Å². The number of fused-ring (bicyclic) bond motifs is 1. The first-order chi connectivity index (χ1) is 59.0. The predicted molar refractivity (Wildman–Crippen MR) is 448 cm³/mol. The van der Waals surface area contributed by atoms with Crippen LogP contribution in [0.3, 0.4) is 0 Å². The maximum Gasteiger partial charge on any atom is 1.00 e. The summed E-state index contributed by atoms with van der Waals surface area (Å²) in [5.41, 5.74) is -0.289. The van der Waals surface area contributed by atoms with Crippen molar-refractivity contribution in [3.63, 3.8) is 0 Å². The zero-order valence-corrected chi connectivity index (χ0v) is 82.4. The quantitative estimate of drug-likeness (QED) is 0.0173. The molecule has 11 heterocycles. The largest absolute Gasteiger partial charge is 1.00 e. The Morgan fingerprint density at radius 1 is 0.636 bits per heavy atom. The molecule has 3 aromatic rings. The number of piperidine rings is 2. The van der Waals surface area contributed by atoms with Crippen LogP contribution in [-0.2, 0) is 137 Å². The third-order valence-electron chi connectivity index (χ3n) is 20.5. The summed E-state index contributed by atoms with van der Waals surface area (Å²) in [6.45, 7) is 24.6. The second-order valence-electron chi connectivity index (χ2n) is 30.0. The minimum absolute atomic E-state index is 0. The molecule has 10 aliphatic heterocycles. The van der Waals surface area contributed by atoms with Gasteiger partial charge in [0, 0.05) is 72.7 Å². The van der Waals surface area contributed by atoms with Crippen LogP contribution >= 0.6 is 0 Å². The van der Waals surface area contributed by atoms with Crippen molar-refractivity contribution >= 4 is 54.2 Å². The van der Waals surface area contributed by atoms with E-state index in [1.807, 2.05) is 42.5 Å². The number of benzene rings is 2. The van der Waals surface area contributed by atoms with E-state index in [9.17, 15) is 75.6 Å². The topological polar surface area (TPSA) is 452 Å². The van der Waals surface area contributed by atoms with Crippen molar-refractivity contribution in [3.8, 4) is 0 Å². The summed E-state index contributed by atoms with van der Waals surface area (Å²) in [6.07, 6.45) is 26.0. The van der Waals surface area contributed by atoms with Crippen LogP contribution in [-0.4, -0.2) is 222 Å². The smallest absolute Gasteiger partial charge is 0.870 e. The summed E-state index contributed by atoms with van der Waals surface area (Å²) in [7, 11) is 0. The van der Waals surface area contributed by atoms with Gasteiger partial charge in [-0.25, -0.2) is 32.8 Å². The normalized spacial score (nSPS) is 23.7. The van der Waals surface area contributed by atoms with Crippen molar-refractivity contribution in [2.24, 2.45) is 0 Å². The van der Waals surface area contributed by atoms with Gasteiger partial charge in [0.25, 0.3) is 5.09 Å². The molecule has 32 nitrogen and oxygen atoms in total. The maximum absolute atomic E-state index is 13.0. The molecule has 1 radical (unpaired) electrons. The number of nitrogens with one attached hydrogen (secondary N) is 2. The van der Waals surface area contributed by atoms with E-state index in [1.54, 1.807) is 92.4 Å². The average Bonchev–Trinajstić information content (AvgIpc) is 0.811. The minimum Gasteiger partial charge on any atom is -0.870 e. The van der Waals surface area contributed by atoms with E-state index in [0.717, 1.165) is 109 Å². The third-order valence-corrected chi connectivity index (χ3v) is 20.5. The number of carboxylic acid groups (broad SMARTS) is 2. The Morgan fingerprint density at radius 2 is 1.11 bits per heavy atom. The number of Topliss-reactive ketones (excluding diaryl/α,β-unsaturated/α-hetero) is 1. The Balaban J connectivity index is -0.00000138. The average molecular weight is 1980 g/mol. The van der Waals surface area contributed by atoms with Crippen LogP contribution in [0.5, 0.6) is 0 Å². The Kier molecular flexibility index (Phi) is 68.6. The third kappa shape index (κ3) is 50.1. The molecule has 10 aliphatic rings. The molecule has 2 aromatic carbocycles. The maximum atomic E-state index is 13.0. The molecule has 0 amide bonds. The predicted octanol–water partition coefficient (Wildman–Crippen LogP) is 5.90. The molecule has 5 fully saturated rings. The zero-order valence-electron chi connectivity index (χ0n) is 74.7. The number of allylic oxidation sites excluding steroid dienone is 5. The van der Waals surface area contributed by atoms with Crippen molar-refractivity contribution in [1.82, 2.24) is 20.5 Å². The number of aromatic nitrogens is 1. The summed E-state index contributed by atoms with van der Waals surface area (Å²) >= 11 is 0. The number of carbonyl (C=O) groups is 9. The number of alkyl halides is 3. The number of hydrogen-bond donors (Lipinski definition) is 5. The van der Waals surface area contributed by atoms with Crippen molar-refractivity contribution in [1.29, 1.82) is 0 Å².